The van der Waals surface area contributed by atoms with Crippen LogP contribution in [0.15, 0.2) is 29.2 Å². The van der Waals surface area contributed by atoms with Crippen molar-refractivity contribution in [1.82, 2.24) is 0 Å². The Bertz CT molecular complexity index is 452. The van der Waals surface area contributed by atoms with Crippen LogP contribution in [0.1, 0.15) is 0 Å². The Morgan fingerprint density at radius 1 is 1.12 bits per heavy atom. The highest BCUT2D eigenvalue weighted by molar-refractivity contribution is 7.95. The van der Waals surface area contributed by atoms with Gasteiger partial charge in [-0.3, -0.25) is 0 Å². The molecule has 16 heavy (non-hydrogen) atoms. The lowest BCUT2D eigenvalue weighted by Crippen LogP contribution is -2.17. The smallest absolute Gasteiger partial charge is 0.406 e. The Morgan fingerprint density at radius 2 is 1.62 bits per heavy atom. The minimum absolute atomic E-state index is 0.322. The van der Waals surface area contributed by atoms with Gasteiger partial charge in [0, 0.05) is 0 Å². The Labute approximate surface area is 94.7 Å². The highest BCUT2D eigenvalue weighted by Gasteiger charge is 2.31. The standard InChI is InChI=1S/C7H5F3O4S2/c8-7(9,10)13-5-1-3-6(4-2-5)16(11,12)14-15/h1-4,15H. The van der Waals surface area contributed by atoms with Gasteiger partial charge in [0.15, 0.2) is 0 Å². The molecule has 0 aliphatic heterocycles. The molecule has 0 aliphatic rings. The van der Waals surface area contributed by atoms with Gasteiger partial charge >= 0.3 is 16.5 Å². The molecule has 0 spiro atoms. The largest absolute Gasteiger partial charge is 0.573 e. The van der Waals surface area contributed by atoms with Crippen molar-refractivity contribution in [3.8, 4) is 5.75 Å². The van der Waals surface area contributed by atoms with Gasteiger partial charge in [-0.2, -0.15) is 12.0 Å². The lowest BCUT2D eigenvalue weighted by atomic mass is 10.3. The molecule has 0 saturated carbocycles. The summed E-state index contributed by atoms with van der Waals surface area (Å²) in [6.45, 7) is 0. The SMILES string of the molecule is O=S(=O)(OS)c1ccc(OC(F)(F)F)cc1. The first-order chi connectivity index (χ1) is 7.24. The summed E-state index contributed by atoms with van der Waals surface area (Å²) in [4.78, 5) is -0.322. The zero-order valence-electron chi connectivity index (χ0n) is 7.43. The Hall–Kier alpha value is -0.930. The summed E-state index contributed by atoms with van der Waals surface area (Å²) in [6.07, 6.45) is -4.82. The molecular weight excluding hydrogens is 269 g/mol. The second-order valence-electron chi connectivity index (χ2n) is 2.55. The van der Waals surface area contributed by atoms with Crippen LogP contribution in [-0.2, 0) is 13.7 Å². The average molecular weight is 274 g/mol. The van der Waals surface area contributed by atoms with Gasteiger partial charge in [0.1, 0.15) is 5.75 Å². The summed E-state index contributed by atoms with van der Waals surface area (Å²) in [6, 6.07) is 3.53. The fraction of sp³-hybridized carbons (Fsp3) is 0.143. The van der Waals surface area contributed by atoms with Crippen molar-refractivity contribution in [3.63, 3.8) is 0 Å². The maximum absolute atomic E-state index is 11.8. The highest BCUT2D eigenvalue weighted by Crippen LogP contribution is 2.24. The molecule has 0 heterocycles. The quantitative estimate of drug-likeness (QED) is 0.677. The fourth-order valence-electron chi connectivity index (χ4n) is 0.851. The number of halogens is 3. The van der Waals surface area contributed by atoms with Crippen molar-refractivity contribution in [3.05, 3.63) is 24.3 Å². The van der Waals surface area contributed by atoms with Crippen LogP contribution in [0.3, 0.4) is 0 Å². The van der Waals surface area contributed by atoms with E-state index in [-0.39, 0.29) is 4.90 Å². The van der Waals surface area contributed by atoms with Gasteiger partial charge < -0.3 is 4.74 Å². The van der Waals surface area contributed by atoms with E-state index < -0.39 is 22.2 Å². The van der Waals surface area contributed by atoms with Gasteiger partial charge in [-0.05, 0) is 37.2 Å². The molecule has 0 radical (unpaired) electrons. The average Bonchev–Trinajstić information content (AvgIpc) is 2.16. The Balaban J connectivity index is 2.93. The fourth-order valence-corrected chi connectivity index (χ4v) is 1.66. The molecule has 4 nitrogen and oxygen atoms in total. The Kier molecular flexibility index (Phi) is 3.71. The molecule has 0 aliphatic carbocycles. The van der Waals surface area contributed by atoms with E-state index in [2.05, 4.69) is 21.3 Å². The number of thiol groups is 1. The zero-order valence-corrected chi connectivity index (χ0v) is 9.14. The molecule has 0 fully saturated rings. The van der Waals surface area contributed by atoms with Crippen molar-refractivity contribution in [2.75, 3.05) is 0 Å². The maximum atomic E-state index is 11.8. The van der Waals surface area contributed by atoms with E-state index in [1.165, 1.54) is 0 Å². The third-order valence-electron chi connectivity index (χ3n) is 1.44. The first-order valence-electron chi connectivity index (χ1n) is 3.68. The number of ether oxygens (including phenoxy) is 1. The molecule has 0 unspecified atom stereocenters. The van der Waals surface area contributed by atoms with E-state index in [1.807, 2.05) is 0 Å². The van der Waals surface area contributed by atoms with Crippen molar-refractivity contribution in [1.29, 1.82) is 0 Å². The molecule has 0 amide bonds. The molecule has 1 rings (SSSR count). The first-order valence-corrected chi connectivity index (χ1v) is 5.46. The second-order valence-corrected chi connectivity index (χ2v) is 4.52. The second kappa shape index (κ2) is 4.52. The minimum atomic E-state index is -4.82. The molecule has 0 saturated heterocycles. The van der Waals surface area contributed by atoms with Crippen LogP contribution >= 0.6 is 12.9 Å². The molecule has 90 valence electrons. The van der Waals surface area contributed by atoms with Crippen LogP contribution in [0.25, 0.3) is 0 Å². The summed E-state index contributed by atoms with van der Waals surface area (Å²) in [5.41, 5.74) is 0. The number of hydrogen-bond donors (Lipinski definition) is 1. The van der Waals surface area contributed by atoms with Crippen LogP contribution in [0.4, 0.5) is 13.2 Å². The van der Waals surface area contributed by atoms with Crippen molar-refractivity contribution < 1.29 is 30.0 Å². The molecule has 0 bridgehead atoms. The van der Waals surface area contributed by atoms with E-state index in [0.717, 1.165) is 24.3 Å². The summed E-state index contributed by atoms with van der Waals surface area (Å²) < 4.78 is 64.8. The summed E-state index contributed by atoms with van der Waals surface area (Å²) in [7, 11) is -4.03. The predicted molar refractivity (Wildman–Crippen MR) is 50.4 cm³/mol. The Morgan fingerprint density at radius 3 is 2.00 bits per heavy atom. The van der Waals surface area contributed by atoms with Crippen LogP contribution in [0, 0.1) is 0 Å². The molecular formula is C7H5F3O4S2. The summed E-state index contributed by atoms with van der Waals surface area (Å²) in [5.74, 6) is -0.523. The summed E-state index contributed by atoms with van der Waals surface area (Å²) >= 11 is 3.11. The molecule has 1 aromatic rings. The lowest BCUT2D eigenvalue weighted by Gasteiger charge is -2.08. The van der Waals surface area contributed by atoms with Crippen molar-refractivity contribution in [2.24, 2.45) is 0 Å². The number of alkyl halides is 3. The van der Waals surface area contributed by atoms with Crippen LogP contribution in [-0.4, -0.2) is 14.8 Å². The minimum Gasteiger partial charge on any atom is -0.406 e. The highest BCUT2D eigenvalue weighted by atomic mass is 32.3. The van der Waals surface area contributed by atoms with E-state index >= 15 is 0 Å². The summed E-state index contributed by atoms with van der Waals surface area (Å²) in [5, 5.41) is 0. The van der Waals surface area contributed by atoms with Crippen molar-refractivity contribution >= 4 is 23.0 Å². The number of rotatable bonds is 3. The van der Waals surface area contributed by atoms with E-state index in [1.54, 1.807) is 0 Å². The van der Waals surface area contributed by atoms with Crippen molar-refractivity contribution in [2.45, 2.75) is 11.3 Å². The monoisotopic (exact) mass is 274 g/mol. The van der Waals surface area contributed by atoms with E-state index in [0.29, 0.717) is 0 Å². The maximum Gasteiger partial charge on any atom is 0.573 e. The van der Waals surface area contributed by atoms with Crippen LogP contribution in [0.5, 0.6) is 5.75 Å². The van der Waals surface area contributed by atoms with Gasteiger partial charge in [-0.15, -0.1) is 13.2 Å². The first kappa shape index (κ1) is 13.1. The molecule has 9 heteroatoms. The number of hydrogen-bond acceptors (Lipinski definition) is 5. The van der Waals surface area contributed by atoms with Crippen LogP contribution in [0.2, 0.25) is 0 Å². The van der Waals surface area contributed by atoms with Gasteiger partial charge in [-0.25, -0.2) is 0 Å². The van der Waals surface area contributed by atoms with Crippen LogP contribution < -0.4 is 4.74 Å². The predicted octanol–water partition coefficient (Wildman–Crippen LogP) is 2.14. The normalized spacial score (nSPS) is 12.5. The third kappa shape index (κ3) is 3.58. The number of benzene rings is 1. The zero-order chi connectivity index (χ0) is 12.4. The van der Waals surface area contributed by atoms with E-state index in [4.69, 9.17) is 0 Å². The van der Waals surface area contributed by atoms with Gasteiger partial charge in [0.2, 0.25) is 0 Å². The van der Waals surface area contributed by atoms with Gasteiger partial charge in [0.25, 0.3) is 0 Å². The van der Waals surface area contributed by atoms with E-state index in [9.17, 15) is 21.6 Å². The van der Waals surface area contributed by atoms with Gasteiger partial charge in [-0.1, -0.05) is 0 Å². The van der Waals surface area contributed by atoms with Gasteiger partial charge in [0.05, 0.1) is 4.90 Å². The molecule has 0 atom stereocenters. The topological polar surface area (TPSA) is 52.6 Å². The molecule has 1 aromatic carbocycles. The molecule has 0 aromatic heterocycles. The third-order valence-corrected chi connectivity index (χ3v) is 3.08. The molecule has 0 N–H and O–H groups in total. The lowest BCUT2D eigenvalue weighted by molar-refractivity contribution is -0.274.